The van der Waals surface area contributed by atoms with Gasteiger partial charge in [0.05, 0.1) is 16.5 Å². The number of thiophene rings is 1. The highest BCUT2D eigenvalue weighted by molar-refractivity contribution is 7.12. The van der Waals surface area contributed by atoms with Crippen molar-refractivity contribution in [2.45, 2.75) is 6.04 Å². The first-order valence-electron chi connectivity index (χ1n) is 9.52. The first-order valence-corrected chi connectivity index (χ1v) is 10.4. The number of amides is 1. The van der Waals surface area contributed by atoms with Crippen LogP contribution >= 0.6 is 11.3 Å². The fourth-order valence-electron chi connectivity index (χ4n) is 4.12. The number of hydrogen-bond donors (Lipinski definition) is 1. The van der Waals surface area contributed by atoms with E-state index in [0.29, 0.717) is 10.6 Å². The molecule has 0 aliphatic carbocycles. The monoisotopic (exact) mass is 414 g/mol. The third kappa shape index (κ3) is 2.69. The molecule has 1 unspecified atom stereocenters. The largest absolute Gasteiger partial charge is 0.503 e. The Morgan fingerprint density at radius 2 is 1.73 bits per heavy atom. The van der Waals surface area contributed by atoms with Gasteiger partial charge in [-0.2, -0.15) is 0 Å². The maximum absolute atomic E-state index is 13.4. The first-order chi connectivity index (χ1) is 14.6. The SMILES string of the molecule is Cn1cc(C2C(C(=O)c3cccs3)=C(O)C(=O)N2c2ccccc2)c2ccccc21. The van der Waals surface area contributed by atoms with Gasteiger partial charge in [-0.1, -0.05) is 42.5 Å². The van der Waals surface area contributed by atoms with Crippen molar-refractivity contribution in [2.75, 3.05) is 4.90 Å². The molecule has 0 bridgehead atoms. The van der Waals surface area contributed by atoms with Gasteiger partial charge in [-0.15, -0.1) is 11.3 Å². The van der Waals surface area contributed by atoms with Gasteiger partial charge in [0, 0.05) is 35.4 Å². The van der Waals surface area contributed by atoms with Crippen LogP contribution in [0.15, 0.2) is 89.6 Å². The van der Waals surface area contributed by atoms with Crippen molar-refractivity contribution < 1.29 is 14.7 Å². The summed E-state index contributed by atoms with van der Waals surface area (Å²) in [5.41, 5.74) is 2.53. The standard InChI is InChI=1S/C24H18N2O3S/c1-25-14-17(16-10-5-6-11-18(16)25)21-20(22(27)19-12-7-13-30-19)23(28)24(29)26(21)15-8-3-2-4-9-15/h2-14,21,28H,1H3. The molecular weight excluding hydrogens is 396 g/mol. The van der Waals surface area contributed by atoms with Crippen molar-refractivity contribution in [2.24, 2.45) is 7.05 Å². The smallest absolute Gasteiger partial charge is 0.294 e. The van der Waals surface area contributed by atoms with E-state index in [2.05, 4.69) is 0 Å². The molecule has 30 heavy (non-hydrogen) atoms. The van der Waals surface area contributed by atoms with Crippen LogP contribution in [0.5, 0.6) is 0 Å². The van der Waals surface area contributed by atoms with Crippen LogP contribution in [0.3, 0.4) is 0 Å². The Kier molecular flexibility index (Phi) is 4.29. The minimum absolute atomic E-state index is 0.114. The second-order valence-corrected chi connectivity index (χ2v) is 8.14. The molecule has 0 saturated carbocycles. The van der Waals surface area contributed by atoms with Gasteiger partial charge in [-0.05, 0) is 29.6 Å². The van der Waals surface area contributed by atoms with Crippen molar-refractivity contribution in [3.8, 4) is 0 Å². The summed E-state index contributed by atoms with van der Waals surface area (Å²) >= 11 is 1.29. The van der Waals surface area contributed by atoms with E-state index in [0.717, 1.165) is 16.5 Å². The fourth-order valence-corrected chi connectivity index (χ4v) is 4.80. The number of anilines is 1. The Labute approximate surface area is 177 Å². The van der Waals surface area contributed by atoms with E-state index in [1.807, 2.05) is 77.8 Å². The van der Waals surface area contributed by atoms with E-state index in [9.17, 15) is 14.7 Å². The summed E-state index contributed by atoms with van der Waals surface area (Å²) in [6.45, 7) is 0. The zero-order valence-corrected chi connectivity index (χ0v) is 17.0. The Bertz CT molecular complexity index is 1300. The molecule has 1 aliphatic rings. The number of benzene rings is 2. The number of Topliss-reactive ketones (excluding diaryl/α,β-unsaturated/α-hetero) is 1. The minimum Gasteiger partial charge on any atom is -0.503 e. The van der Waals surface area contributed by atoms with Gasteiger partial charge in [-0.3, -0.25) is 14.5 Å². The second-order valence-electron chi connectivity index (χ2n) is 7.19. The van der Waals surface area contributed by atoms with Crippen LogP contribution in [-0.4, -0.2) is 21.4 Å². The summed E-state index contributed by atoms with van der Waals surface area (Å²) in [5, 5.41) is 13.6. The number of aliphatic hydroxyl groups excluding tert-OH is 1. The molecule has 0 radical (unpaired) electrons. The molecule has 1 aliphatic heterocycles. The van der Waals surface area contributed by atoms with E-state index in [4.69, 9.17) is 0 Å². The number of aliphatic hydroxyl groups is 1. The summed E-state index contributed by atoms with van der Waals surface area (Å²) in [7, 11) is 1.93. The van der Waals surface area contributed by atoms with Gasteiger partial charge < -0.3 is 9.67 Å². The summed E-state index contributed by atoms with van der Waals surface area (Å²) in [6, 6.07) is 19.8. The van der Waals surface area contributed by atoms with Crippen LogP contribution < -0.4 is 4.90 Å². The minimum atomic E-state index is -0.722. The number of carbonyl (C=O) groups excluding carboxylic acids is 2. The molecule has 4 aromatic rings. The molecule has 2 aromatic heterocycles. The Morgan fingerprint density at radius 1 is 1.00 bits per heavy atom. The average molecular weight is 414 g/mol. The third-order valence-electron chi connectivity index (χ3n) is 5.45. The fraction of sp³-hybridized carbons (Fsp3) is 0.0833. The van der Waals surface area contributed by atoms with Crippen LogP contribution in [0, 0.1) is 0 Å². The lowest BCUT2D eigenvalue weighted by Gasteiger charge is -2.26. The maximum atomic E-state index is 13.4. The number of aromatic nitrogens is 1. The predicted octanol–water partition coefficient (Wildman–Crippen LogP) is 5.02. The van der Waals surface area contributed by atoms with E-state index < -0.39 is 17.7 Å². The van der Waals surface area contributed by atoms with Crippen molar-refractivity contribution >= 4 is 39.6 Å². The lowest BCUT2D eigenvalue weighted by molar-refractivity contribution is -0.117. The molecule has 0 fully saturated rings. The van der Waals surface area contributed by atoms with Gasteiger partial charge in [0.15, 0.2) is 5.76 Å². The Morgan fingerprint density at radius 3 is 2.47 bits per heavy atom. The quantitative estimate of drug-likeness (QED) is 0.477. The molecule has 5 nitrogen and oxygen atoms in total. The molecule has 6 heteroatoms. The lowest BCUT2D eigenvalue weighted by Crippen LogP contribution is -2.30. The molecule has 1 N–H and O–H groups in total. The zero-order valence-electron chi connectivity index (χ0n) is 16.1. The Balaban J connectivity index is 1.77. The number of para-hydroxylation sites is 2. The van der Waals surface area contributed by atoms with E-state index in [1.165, 1.54) is 16.2 Å². The van der Waals surface area contributed by atoms with Crippen LogP contribution in [0.1, 0.15) is 21.3 Å². The van der Waals surface area contributed by atoms with Gasteiger partial charge >= 0.3 is 0 Å². The molecular formula is C24H18N2O3S. The molecule has 3 heterocycles. The van der Waals surface area contributed by atoms with E-state index in [1.54, 1.807) is 12.1 Å². The molecule has 1 atom stereocenters. The number of ketones is 1. The van der Waals surface area contributed by atoms with Crippen LogP contribution in [-0.2, 0) is 11.8 Å². The normalized spacial score (nSPS) is 16.6. The molecule has 0 saturated heterocycles. The first kappa shape index (κ1) is 18.4. The Hall–Kier alpha value is -3.64. The number of nitrogens with zero attached hydrogens (tertiary/aromatic N) is 2. The van der Waals surface area contributed by atoms with Gasteiger partial charge in [0.1, 0.15) is 0 Å². The second kappa shape index (κ2) is 7.00. The molecule has 2 aromatic carbocycles. The highest BCUT2D eigenvalue weighted by atomic mass is 32.1. The molecule has 1 amide bonds. The van der Waals surface area contributed by atoms with Crippen LogP contribution in [0.4, 0.5) is 5.69 Å². The van der Waals surface area contributed by atoms with Gasteiger partial charge in [-0.25, -0.2) is 0 Å². The topological polar surface area (TPSA) is 62.5 Å². The average Bonchev–Trinajstić information content (AvgIpc) is 3.47. The molecule has 0 spiro atoms. The summed E-state index contributed by atoms with van der Waals surface area (Å²) in [4.78, 5) is 28.6. The van der Waals surface area contributed by atoms with Crippen molar-refractivity contribution in [1.82, 2.24) is 4.57 Å². The number of fused-ring (bicyclic) bond motifs is 1. The van der Waals surface area contributed by atoms with Crippen molar-refractivity contribution in [3.05, 3.63) is 100 Å². The van der Waals surface area contributed by atoms with Crippen molar-refractivity contribution in [3.63, 3.8) is 0 Å². The molecule has 5 rings (SSSR count). The highest BCUT2D eigenvalue weighted by Crippen LogP contribution is 2.44. The molecule has 148 valence electrons. The number of rotatable bonds is 4. The zero-order chi connectivity index (χ0) is 20.8. The number of carbonyl (C=O) groups is 2. The van der Waals surface area contributed by atoms with Gasteiger partial charge in [0.25, 0.3) is 5.91 Å². The maximum Gasteiger partial charge on any atom is 0.294 e. The van der Waals surface area contributed by atoms with Crippen LogP contribution in [0.2, 0.25) is 0 Å². The van der Waals surface area contributed by atoms with Crippen LogP contribution in [0.25, 0.3) is 10.9 Å². The third-order valence-corrected chi connectivity index (χ3v) is 6.32. The van der Waals surface area contributed by atoms with Gasteiger partial charge in [0.2, 0.25) is 5.78 Å². The highest BCUT2D eigenvalue weighted by Gasteiger charge is 2.45. The van der Waals surface area contributed by atoms with E-state index >= 15 is 0 Å². The van der Waals surface area contributed by atoms with Crippen molar-refractivity contribution in [1.29, 1.82) is 0 Å². The summed E-state index contributed by atoms with van der Waals surface area (Å²) < 4.78 is 1.97. The summed E-state index contributed by atoms with van der Waals surface area (Å²) in [6.07, 6.45) is 1.93. The number of hydrogen-bond acceptors (Lipinski definition) is 4. The van der Waals surface area contributed by atoms with E-state index in [-0.39, 0.29) is 11.4 Å². The number of aryl methyl sites for hydroxylation is 1. The summed E-state index contributed by atoms with van der Waals surface area (Å²) in [5.74, 6) is -1.39. The lowest BCUT2D eigenvalue weighted by atomic mass is 9.95. The predicted molar refractivity (Wildman–Crippen MR) is 118 cm³/mol.